The number of rotatable bonds is 2. The maximum absolute atomic E-state index is 6.28. The highest BCUT2D eigenvalue weighted by Crippen LogP contribution is 2.37. The van der Waals surface area contributed by atoms with E-state index in [1.54, 1.807) is 0 Å². The fourth-order valence-corrected chi connectivity index (χ4v) is 3.28. The van der Waals surface area contributed by atoms with Crippen molar-refractivity contribution in [2.45, 2.75) is 38.9 Å². The smallest absolute Gasteiger partial charge is 0.399 e. The first-order valence-electron chi connectivity index (χ1n) is 8.81. The maximum atomic E-state index is 6.28. The van der Waals surface area contributed by atoms with Crippen molar-refractivity contribution in [1.82, 2.24) is 0 Å². The zero-order chi connectivity index (χ0) is 17.7. The van der Waals surface area contributed by atoms with E-state index < -0.39 is 0 Å². The summed E-state index contributed by atoms with van der Waals surface area (Å²) in [4.78, 5) is 0. The third-order valence-corrected chi connectivity index (χ3v) is 5.53. The fourth-order valence-electron chi connectivity index (χ4n) is 3.28. The Morgan fingerprint density at radius 3 is 2.04 bits per heavy atom. The van der Waals surface area contributed by atoms with Gasteiger partial charge in [0.05, 0.1) is 11.2 Å². The predicted octanol–water partition coefficient (Wildman–Crippen LogP) is 4.81. The molecule has 2 nitrogen and oxygen atoms in total. The summed E-state index contributed by atoms with van der Waals surface area (Å²) in [6.45, 7) is 8.36. The lowest BCUT2D eigenvalue weighted by molar-refractivity contribution is 0.00578. The van der Waals surface area contributed by atoms with E-state index >= 15 is 0 Å². The van der Waals surface area contributed by atoms with Crippen molar-refractivity contribution in [1.29, 1.82) is 0 Å². The van der Waals surface area contributed by atoms with Gasteiger partial charge in [0.25, 0.3) is 0 Å². The largest absolute Gasteiger partial charge is 0.495 e. The summed E-state index contributed by atoms with van der Waals surface area (Å²) in [5.74, 6) is 0. The third kappa shape index (κ3) is 2.78. The zero-order valence-corrected chi connectivity index (χ0v) is 15.2. The topological polar surface area (TPSA) is 18.5 Å². The van der Waals surface area contributed by atoms with E-state index in [1.807, 2.05) is 6.07 Å². The summed E-state index contributed by atoms with van der Waals surface area (Å²) in [5, 5.41) is 2.38. The van der Waals surface area contributed by atoms with Crippen LogP contribution in [0.5, 0.6) is 0 Å². The van der Waals surface area contributed by atoms with Gasteiger partial charge < -0.3 is 9.31 Å². The van der Waals surface area contributed by atoms with Crippen molar-refractivity contribution in [2.75, 3.05) is 0 Å². The predicted molar refractivity (Wildman–Crippen MR) is 105 cm³/mol. The van der Waals surface area contributed by atoms with Crippen LogP contribution in [0.15, 0.2) is 66.7 Å². The molecule has 4 rings (SSSR count). The second-order valence-electron chi connectivity index (χ2n) is 7.74. The molecular weight excluding hydrogens is 307 g/mol. The average Bonchev–Trinajstić information content (AvgIpc) is 2.82. The van der Waals surface area contributed by atoms with Crippen molar-refractivity contribution < 1.29 is 9.31 Å². The van der Waals surface area contributed by atoms with Crippen molar-refractivity contribution >= 4 is 23.4 Å². The molecule has 0 bridgehead atoms. The summed E-state index contributed by atoms with van der Waals surface area (Å²) in [6, 6.07) is 23.4. The number of hydrogen-bond acceptors (Lipinski definition) is 2. The molecule has 25 heavy (non-hydrogen) atoms. The summed E-state index contributed by atoms with van der Waals surface area (Å²) in [5.41, 5.74) is 2.84. The normalized spacial score (nSPS) is 18.6. The fraction of sp³-hybridized carbons (Fsp3) is 0.273. The van der Waals surface area contributed by atoms with E-state index in [-0.39, 0.29) is 18.3 Å². The highest BCUT2D eigenvalue weighted by Gasteiger charge is 2.52. The number of hydrogen-bond donors (Lipinski definition) is 0. The van der Waals surface area contributed by atoms with Crippen LogP contribution in [0.3, 0.4) is 0 Å². The van der Waals surface area contributed by atoms with E-state index in [9.17, 15) is 0 Å². The van der Waals surface area contributed by atoms with Gasteiger partial charge in [-0.25, -0.2) is 0 Å². The van der Waals surface area contributed by atoms with Crippen LogP contribution in [0.25, 0.3) is 21.9 Å². The van der Waals surface area contributed by atoms with E-state index in [4.69, 9.17) is 9.31 Å². The molecule has 0 aromatic heterocycles. The molecule has 1 aliphatic rings. The molecule has 3 heteroatoms. The Hall–Kier alpha value is -2.10. The van der Waals surface area contributed by atoms with Crippen LogP contribution in [-0.2, 0) is 9.31 Å². The first kappa shape index (κ1) is 16.4. The molecule has 3 aromatic rings. The Labute approximate surface area is 149 Å². The van der Waals surface area contributed by atoms with Gasteiger partial charge in [-0.05, 0) is 61.1 Å². The lowest BCUT2D eigenvalue weighted by Gasteiger charge is -2.32. The van der Waals surface area contributed by atoms with Crippen LogP contribution >= 0.6 is 0 Å². The quantitative estimate of drug-likeness (QED) is 0.628. The van der Waals surface area contributed by atoms with Gasteiger partial charge in [0.2, 0.25) is 0 Å². The highest BCUT2D eigenvalue weighted by atomic mass is 16.7. The minimum absolute atomic E-state index is 0.336. The van der Waals surface area contributed by atoms with Gasteiger partial charge in [0, 0.05) is 0 Å². The zero-order valence-electron chi connectivity index (χ0n) is 15.2. The molecule has 1 aliphatic heterocycles. The van der Waals surface area contributed by atoms with Crippen LogP contribution in [0.4, 0.5) is 0 Å². The Kier molecular flexibility index (Phi) is 3.75. The van der Waals surface area contributed by atoms with Crippen molar-refractivity contribution in [3.05, 3.63) is 66.7 Å². The van der Waals surface area contributed by atoms with Gasteiger partial charge in [-0.3, -0.25) is 0 Å². The third-order valence-electron chi connectivity index (χ3n) is 5.53. The summed E-state index contributed by atoms with van der Waals surface area (Å²) in [6.07, 6.45) is 0. The van der Waals surface area contributed by atoms with Crippen molar-refractivity contribution in [2.24, 2.45) is 0 Å². The van der Waals surface area contributed by atoms with Crippen molar-refractivity contribution in [3.63, 3.8) is 0 Å². The van der Waals surface area contributed by atoms with Crippen LogP contribution in [0.1, 0.15) is 27.7 Å². The Bertz CT molecular complexity index is 900. The molecule has 0 aliphatic carbocycles. The van der Waals surface area contributed by atoms with E-state index in [0.29, 0.717) is 0 Å². The van der Waals surface area contributed by atoms with Crippen molar-refractivity contribution in [3.8, 4) is 11.1 Å². The van der Waals surface area contributed by atoms with Gasteiger partial charge in [0.15, 0.2) is 0 Å². The number of benzene rings is 3. The molecule has 1 fully saturated rings. The molecule has 0 spiro atoms. The standard InChI is InChI=1S/C22H23BO2/c1-21(2)22(3,4)25-23(24-21)20-12-8-11-17-13-14-18(15-19(17)20)16-9-6-5-7-10-16/h5-15H,1-4H3. The van der Waals surface area contributed by atoms with Gasteiger partial charge in [-0.15, -0.1) is 0 Å². The second-order valence-corrected chi connectivity index (χ2v) is 7.74. The van der Waals surface area contributed by atoms with Crippen LogP contribution in [0.2, 0.25) is 0 Å². The Morgan fingerprint density at radius 1 is 0.680 bits per heavy atom. The van der Waals surface area contributed by atoms with Crippen LogP contribution in [-0.4, -0.2) is 18.3 Å². The maximum Gasteiger partial charge on any atom is 0.495 e. The monoisotopic (exact) mass is 330 g/mol. The molecule has 0 atom stereocenters. The number of fused-ring (bicyclic) bond motifs is 1. The van der Waals surface area contributed by atoms with Gasteiger partial charge in [0.1, 0.15) is 0 Å². The Morgan fingerprint density at radius 2 is 1.36 bits per heavy atom. The lowest BCUT2D eigenvalue weighted by Crippen LogP contribution is -2.41. The molecule has 0 amide bonds. The average molecular weight is 330 g/mol. The summed E-state index contributed by atoms with van der Waals surface area (Å²) in [7, 11) is -0.347. The molecular formula is C22H23BO2. The summed E-state index contributed by atoms with van der Waals surface area (Å²) >= 11 is 0. The minimum atomic E-state index is -0.347. The Balaban J connectivity index is 1.82. The molecule has 3 aromatic carbocycles. The van der Waals surface area contributed by atoms with E-state index in [1.165, 1.54) is 21.9 Å². The molecule has 126 valence electrons. The summed E-state index contributed by atoms with van der Waals surface area (Å²) < 4.78 is 12.6. The van der Waals surface area contributed by atoms with Gasteiger partial charge in [-0.2, -0.15) is 0 Å². The highest BCUT2D eigenvalue weighted by molar-refractivity contribution is 6.65. The molecule has 0 radical (unpaired) electrons. The SMILES string of the molecule is CC1(C)OB(c2cccc3ccc(-c4ccccc4)cc23)OC1(C)C. The minimum Gasteiger partial charge on any atom is -0.399 e. The second kappa shape index (κ2) is 5.72. The van der Waals surface area contributed by atoms with E-state index in [2.05, 4.69) is 88.4 Å². The molecule has 1 saturated heterocycles. The first-order chi connectivity index (χ1) is 11.9. The van der Waals surface area contributed by atoms with Gasteiger partial charge in [-0.1, -0.05) is 60.7 Å². The molecule has 0 saturated carbocycles. The molecule has 0 unspecified atom stereocenters. The van der Waals surface area contributed by atoms with Crippen LogP contribution < -0.4 is 5.46 Å². The molecule has 1 heterocycles. The first-order valence-corrected chi connectivity index (χ1v) is 8.81. The molecule has 0 N–H and O–H groups in total. The lowest BCUT2D eigenvalue weighted by atomic mass is 9.75. The van der Waals surface area contributed by atoms with Crippen LogP contribution in [0, 0.1) is 0 Å². The van der Waals surface area contributed by atoms with E-state index in [0.717, 1.165) is 5.46 Å². The van der Waals surface area contributed by atoms with Gasteiger partial charge >= 0.3 is 7.12 Å².